The number of hydrogen-bond acceptors (Lipinski definition) is 3. The van der Waals surface area contributed by atoms with E-state index in [1.807, 2.05) is 12.1 Å². The van der Waals surface area contributed by atoms with E-state index in [-0.39, 0.29) is 12.1 Å². The van der Waals surface area contributed by atoms with E-state index in [9.17, 15) is 4.79 Å². The highest BCUT2D eigenvalue weighted by molar-refractivity contribution is 9.10. The number of rotatable bonds is 3. The maximum Gasteiger partial charge on any atom is 0.167 e. The smallest absolute Gasteiger partial charge is 0.167 e. The van der Waals surface area contributed by atoms with Crippen LogP contribution in [-0.2, 0) is 9.47 Å². The van der Waals surface area contributed by atoms with Gasteiger partial charge in [0, 0.05) is 10.0 Å². The van der Waals surface area contributed by atoms with Crippen LogP contribution in [0, 0.1) is 0 Å². The molecule has 15 heavy (non-hydrogen) atoms. The van der Waals surface area contributed by atoms with Gasteiger partial charge < -0.3 is 9.47 Å². The highest BCUT2D eigenvalue weighted by Gasteiger charge is 2.20. The lowest BCUT2D eigenvalue weighted by Crippen LogP contribution is -2.14. The molecule has 0 amide bonds. The van der Waals surface area contributed by atoms with Crippen LogP contribution < -0.4 is 0 Å². The monoisotopic (exact) mass is 270 g/mol. The highest BCUT2D eigenvalue weighted by Crippen LogP contribution is 2.15. The van der Waals surface area contributed by atoms with Crippen LogP contribution in [0.25, 0.3) is 0 Å². The third kappa shape index (κ3) is 2.87. The van der Waals surface area contributed by atoms with Gasteiger partial charge in [0.25, 0.3) is 0 Å². The van der Waals surface area contributed by atoms with E-state index in [1.165, 1.54) is 0 Å². The Kier molecular flexibility index (Phi) is 3.51. The summed E-state index contributed by atoms with van der Waals surface area (Å²) in [5.74, 6) is 0.0504. The molecule has 0 radical (unpaired) electrons. The fourth-order valence-electron chi connectivity index (χ4n) is 1.43. The van der Waals surface area contributed by atoms with E-state index in [2.05, 4.69) is 15.9 Å². The van der Waals surface area contributed by atoms with Crippen molar-refractivity contribution in [2.75, 3.05) is 13.2 Å². The maximum atomic E-state index is 11.7. The molecule has 0 unspecified atom stereocenters. The van der Waals surface area contributed by atoms with Crippen molar-refractivity contribution in [1.29, 1.82) is 0 Å². The number of benzene rings is 1. The van der Waals surface area contributed by atoms with Crippen molar-refractivity contribution in [2.24, 2.45) is 0 Å². The first-order valence-corrected chi connectivity index (χ1v) is 5.57. The molecule has 1 aliphatic rings. The zero-order valence-electron chi connectivity index (χ0n) is 8.11. The van der Waals surface area contributed by atoms with Crippen molar-refractivity contribution in [3.05, 3.63) is 34.3 Å². The molecule has 0 aromatic heterocycles. The fraction of sp³-hybridized carbons (Fsp3) is 0.364. The molecule has 1 aromatic rings. The molecule has 1 saturated heterocycles. The van der Waals surface area contributed by atoms with E-state index >= 15 is 0 Å². The van der Waals surface area contributed by atoms with Gasteiger partial charge in [0.1, 0.15) is 0 Å². The average molecular weight is 271 g/mol. The SMILES string of the molecule is O=C(CC1OCCO1)c1ccc(Br)cc1. The first-order chi connectivity index (χ1) is 7.25. The first-order valence-electron chi connectivity index (χ1n) is 4.78. The van der Waals surface area contributed by atoms with Crippen molar-refractivity contribution in [1.82, 2.24) is 0 Å². The molecule has 1 heterocycles. The van der Waals surface area contributed by atoms with Gasteiger partial charge in [0.15, 0.2) is 12.1 Å². The maximum absolute atomic E-state index is 11.7. The van der Waals surface area contributed by atoms with E-state index in [4.69, 9.17) is 9.47 Å². The Bertz CT molecular complexity index is 341. The van der Waals surface area contributed by atoms with Gasteiger partial charge in [-0.1, -0.05) is 28.1 Å². The van der Waals surface area contributed by atoms with Crippen LogP contribution in [0.4, 0.5) is 0 Å². The minimum atomic E-state index is -0.360. The van der Waals surface area contributed by atoms with E-state index < -0.39 is 0 Å². The molecule has 0 N–H and O–H groups in total. The van der Waals surface area contributed by atoms with Crippen molar-refractivity contribution in [3.63, 3.8) is 0 Å². The Morgan fingerprint density at radius 1 is 1.27 bits per heavy atom. The molecule has 0 saturated carbocycles. The predicted octanol–water partition coefficient (Wildman–Crippen LogP) is 2.39. The third-order valence-corrected chi connectivity index (χ3v) is 2.74. The number of hydrogen-bond donors (Lipinski definition) is 0. The molecule has 3 nitrogen and oxygen atoms in total. The summed E-state index contributed by atoms with van der Waals surface area (Å²) >= 11 is 3.32. The molecule has 0 aliphatic carbocycles. The third-order valence-electron chi connectivity index (χ3n) is 2.21. The Hall–Kier alpha value is -0.710. The van der Waals surface area contributed by atoms with Crippen LogP contribution in [-0.4, -0.2) is 25.3 Å². The van der Waals surface area contributed by atoms with Crippen LogP contribution in [0.15, 0.2) is 28.7 Å². The second-order valence-corrected chi connectivity index (χ2v) is 4.22. The summed E-state index contributed by atoms with van der Waals surface area (Å²) in [6.07, 6.45) is -0.0668. The molecule has 1 aliphatic heterocycles. The number of Topliss-reactive ketones (excluding diaryl/α,β-unsaturated/α-hetero) is 1. The molecule has 0 atom stereocenters. The van der Waals surface area contributed by atoms with Gasteiger partial charge in [0.2, 0.25) is 0 Å². The van der Waals surface area contributed by atoms with Crippen LogP contribution in [0.1, 0.15) is 16.8 Å². The van der Waals surface area contributed by atoms with Gasteiger partial charge >= 0.3 is 0 Å². The van der Waals surface area contributed by atoms with Crippen molar-refractivity contribution < 1.29 is 14.3 Å². The lowest BCUT2D eigenvalue weighted by atomic mass is 10.1. The molecule has 2 rings (SSSR count). The molecule has 1 aromatic carbocycles. The fourth-order valence-corrected chi connectivity index (χ4v) is 1.69. The number of carbonyl (C=O) groups excluding carboxylic acids is 1. The molecule has 0 spiro atoms. The molecular formula is C11H11BrO3. The highest BCUT2D eigenvalue weighted by atomic mass is 79.9. The van der Waals surface area contributed by atoms with Crippen LogP contribution >= 0.6 is 15.9 Å². The van der Waals surface area contributed by atoms with Crippen LogP contribution in [0.3, 0.4) is 0 Å². The van der Waals surface area contributed by atoms with E-state index in [0.717, 1.165) is 4.47 Å². The number of carbonyl (C=O) groups is 1. The zero-order chi connectivity index (χ0) is 10.7. The first kappa shape index (κ1) is 10.8. The van der Waals surface area contributed by atoms with Gasteiger partial charge in [-0.25, -0.2) is 0 Å². The summed E-state index contributed by atoms with van der Waals surface area (Å²) in [5, 5.41) is 0. The summed E-state index contributed by atoms with van der Waals surface area (Å²) in [7, 11) is 0. The summed E-state index contributed by atoms with van der Waals surface area (Å²) in [4.78, 5) is 11.7. The number of ether oxygens (including phenoxy) is 2. The van der Waals surface area contributed by atoms with Gasteiger partial charge in [-0.3, -0.25) is 4.79 Å². The Morgan fingerprint density at radius 3 is 2.47 bits per heavy atom. The van der Waals surface area contributed by atoms with Crippen LogP contribution in [0.2, 0.25) is 0 Å². The minimum absolute atomic E-state index is 0.0504. The minimum Gasteiger partial charge on any atom is -0.350 e. The quantitative estimate of drug-likeness (QED) is 0.792. The molecule has 1 fully saturated rings. The summed E-state index contributed by atoms with van der Waals surface area (Å²) in [6, 6.07) is 7.29. The Labute approximate surface area is 96.5 Å². The molecular weight excluding hydrogens is 260 g/mol. The van der Waals surface area contributed by atoms with Gasteiger partial charge in [-0.2, -0.15) is 0 Å². The van der Waals surface area contributed by atoms with Crippen molar-refractivity contribution >= 4 is 21.7 Å². The second-order valence-electron chi connectivity index (χ2n) is 3.31. The summed E-state index contributed by atoms with van der Waals surface area (Å²) in [6.45, 7) is 1.16. The lowest BCUT2D eigenvalue weighted by molar-refractivity contribution is -0.0407. The van der Waals surface area contributed by atoms with E-state index in [0.29, 0.717) is 25.2 Å². The Balaban J connectivity index is 1.98. The van der Waals surface area contributed by atoms with Crippen LogP contribution in [0.5, 0.6) is 0 Å². The van der Waals surface area contributed by atoms with Gasteiger partial charge in [-0.15, -0.1) is 0 Å². The normalized spacial score (nSPS) is 16.9. The summed E-state index contributed by atoms with van der Waals surface area (Å²) < 4.78 is 11.4. The Morgan fingerprint density at radius 2 is 1.87 bits per heavy atom. The standard InChI is InChI=1S/C11H11BrO3/c12-9-3-1-8(2-4-9)10(13)7-11-14-5-6-15-11/h1-4,11H,5-7H2. The predicted molar refractivity (Wildman–Crippen MR) is 58.8 cm³/mol. The molecule has 0 bridgehead atoms. The summed E-state index contributed by atoms with van der Waals surface area (Å²) in [5.41, 5.74) is 0.692. The average Bonchev–Trinajstić information content (AvgIpc) is 2.71. The van der Waals surface area contributed by atoms with Gasteiger partial charge in [-0.05, 0) is 12.1 Å². The second kappa shape index (κ2) is 4.88. The number of halogens is 1. The lowest BCUT2D eigenvalue weighted by Gasteiger charge is -2.07. The topological polar surface area (TPSA) is 35.5 Å². The van der Waals surface area contributed by atoms with E-state index in [1.54, 1.807) is 12.1 Å². The largest absolute Gasteiger partial charge is 0.350 e. The molecule has 4 heteroatoms. The number of ketones is 1. The van der Waals surface area contributed by atoms with Crippen molar-refractivity contribution in [2.45, 2.75) is 12.7 Å². The molecule has 80 valence electrons. The van der Waals surface area contributed by atoms with Gasteiger partial charge in [0.05, 0.1) is 19.6 Å². The zero-order valence-corrected chi connectivity index (χ0v) is 9.70. The van der Waals surface area contributed by atoms with Crippen molar-refractivity contribution in [3.8, 4) is 0 Å².